The van der Waals surface area contributed by atoms with Crippen LogP contribution in [0.4, 0.5) is 0 Å². The molecule has 1 aromatic rings. The fourth-order valence-corrected chi connectivity index (χ4v) is 1.60. The fourth-order valence-electron chi connectivity index (χ4n) is 1.60. The van der Waals surface area contributed by atoms with E-state index in [-0.39, 0.29) is 23.6 Å². The first-order valence-electron chi connectivity index (χ1n) is 5.26. The minimum absolute atomic E-state index is 0.0309. The Kier molecular flexibility index (Phi) is 2.68. The van der Waals surface area contributed by atoms with Gasteiger partial charge in [0.05, 0.1) is 6.61 Å². The summed E-state index contributed by atoms with van der Waals surface area (Å²) >= 11 is 0. The zero-order chi connectivity index (χ0) is 11.7. The standard InChI is InChI=1S/C11H13NO4/c1-2-16-11(15)8-5-7(6-3-4-6)9(13)12-10(8)14/h5-6H,2-4H2,1H3,(H2,12,13,14). The van der Waals surface area contributed by atoms with Crippen LogP contribution in [0.5, 0.6) is 5.88 Å². The van der Waals surface area contributed by atoms with E-state index < -0.39 is 11.8 Å². The highest BCUT2D eigenvalue weighted by Gasteiger charge is 2.28. The average molecular weight is 223 g/mol. The molecular weight excluding hydrogens is 210 g/mol. The minimum atomic E-state index is -0.613. The van der Waals surface area contributed by atoms with Crippen LogP contribution in [0.1, 0.15) is 41.6 Å². The van der Waals surface area contributed by atoms with E-state index in [1.54, 1.807) is 6.92 Å². The average Bonchev–Trinajstić information content (AvgIpc) is 3.01. The van der Waals surface area contributed by atoms with Crippen LogP contribution in [-0.4, -0.2) is 22.7 Å². The summed E-state index contributed by atoms with van der Waals surface area (Å²) < 4.78 is 4.78. The van der Waals surface area contributed by atoms with Crippen molar-refractivity contribution in [1.82, 2.24) is 4.98 Å². The van der Waals surface area contributed by atoms with Crippen molar-refractivity contribution < 1.29 is 14.6 Å². The molecule has 0 saturated heterocycles. The first-order valence-corrected chi connectivity index (χ1v) is 5.26. The Morgan fingerprint density at radius 2 is 2.31 bits per heavy atom. The van der Waals surface area contributed by atoms with Gasteiger partial charge in [0.15, 0.2) is 0 Å². The molecule has 1 aliphatic carbocycles. The van der Waals surface area contributed by atoms with Crippen molar-refractivity contribution in [2.24, 2.45) is 0 Å². The van der Waals surface area contributed by atoms with Crippen molar-refractivity contribution in [3.05, 3.63) is 27.5 Å². The van der Waals surface area contributed by atoms with E-state index in [9.17, 15) is 14.7 Å². The van der Waals surface area contributed by atoms with Gasteiger partial charge in [-0.1, -0.05) is 0 Å². The van der Waals surface area contributed by atoms with Gasteiger partial charge in [-0.25, -0.2) is 4.79 Å². The second-order valence-electron chi connectivity index (χ2n) is 3.81. The molecule has 0 amide bonds. The maximum absolute atomic E-state index is 11.5. The van der Waals surface area contributed by atoms with E-state index in [1.165, 1.54) is 6.07 Å². The SMILES string of the molecule is CCOC(=O)c1cc(C2CC2)c(=O)[nH]c1O. The molecule has 0 radical (unpaired) electrons. The number of hydrogen-bond donors (Lipinski definition) is 2. The first kappa shape index (κ1) is 10.7. The number of aromatic amines is 1. The van der Waals surface area contributed by atoms with Crippen LogP contribution < -0.4 is 5.56 Å². The molecule has 0 bridgehead atoms. The highest BCUT2D eigenvalue weighted by atomic mass is 16.5. The third kappa shape index (κ3) is 1.93. The Morgan fingerprint density at radius 3 is 2.88 bits per heavy atom. The number of rotatable bonds is 3. The molecular formula is C11H13NO4. The topological polar surface area (TPSA) is 79.4 Å². The predicted octanol–water partition coefficient (Wildman–Crippen LogP) is 1.13. The van der Waals surface area contributed by atoms with Gasteiger partial charge in [-0.05, 0) is 31.7 Å². The Labute approximate surface area is 92.1 Å². The van der Waals surface area contributed by atoms with Crippen LogP contribution in [0.15, 0.2) is 10.9 Å². The number of esters is 1. The zero-order valence-corrected chi connectivity index (χ0v) is 8.95. The lowest BCUT2D eigenvalue weighted by Gasteiger charge is -2.05. The van der Waals surface area contributed by atoms with Gasteiger partial charge in [0.1, 0.15) is 5.56 Å². The summed E-state index contributed by atoms with van der Waals surface area (Å²) in [4.78, 5) is 25.2. The lowest BCUT2D eigenvalue weighted by atomic mass is 10.1. The predicted molar refractivity (Wildman–Crippen MR) is 56.7 cm³/mol. The number of aromatic nitrogens is 1. The molecule has 86 valence electrons. The molecule has 1 fully saturated rings. The molecule has 0 atom stereocenters. The largest absolute Gasteiger partial charge is 0.494 e. The fraction of sp³-hybridized carbons (Fsp3) is 0.455. The van der Waals surface area contributed by atoms with Crippen LogP contribution in [0.25, 0.3) is 0 Å². The molecule has 1 aromatic heterocycles. The highest BCUT2D eigenvalue weighted by molar-refractivity contribution is 5.91. The van der Waals surface area contributed by atoms with Gasteiger partial charge in [-0.15, -0.1) is 0 Å². The van der Waals surface area contributed by atoms with E-state index in [0.29, 0.717) is 5.56 Å². The molecule has 16 heavy (non-hydrogen) atoms. The summed E-state index contributed by atoms with van der Waals surface area (Å²) in [7, 11) is 0. The molecule has 1 heterocycles. The number of nitrogens with one attached hydrogen (secondary N) is 1. The second-order valence-corrected chi connectivity index (χ2v) is 3.81. The minimum Gasteiger partial charge on any atom is -0.494 e. The van der Waals surface area contributed by atoms with Crippen molar-refractivity contribution in [2.75, 3.05) is 6.61 Å². The van der Waals surface area contributed by atoms with Crippen LogP contribution in [0.2, 0.25) is 0 Å². The zero-order valence-electron chi connectivity index (χ0n) is 8.95. The van der Waals surface area contributed by atoms with E-state index >= 15 is 0 Å². The van der Waals surface area contributed by atoms with Gasteiger partial charge in [-0.3, -0.25) is 9.78 Å². The maximum Gasteiger partial charge on any atom is 0.343 e. The first-order chi connectivity index (χ1) is 7.63. The highest BCUT2D eigenvalue weighted by Crippen LogP contribution is 2.39. The summed E-state index contributed by atoms with van der Waals surface area (Å²) in [6, 6.07) is 1.43. The third-order valence-electron chi connectivity index (χ3n) is 2.56. The number of aromatic hydroxyl groups is 1. The van der Waals surface area contributed by atoms with E-state index in [0.717, 1.165) is 12.8 Å². The van der Waals surface area contributed by atoms with Gasteiger partial charge in [0.25, 0.3) is 5.56 Å². The Bertz CT molecular complexity index is 473. The van der Waals surface area contributed by atoms with Crippen LogP contribution in [0.3, 0.4) is 0 Å². The van der Waals surface area contributed by atoms with Crippen LogP contribution >= 0.6 is 0 Å². The van der Waals surface area contributed by atoms with Crippen LogP contribution in [-0.2, 0) is 4.74 Å². The van der Waals surface area contributed by atoms with E-state index in [1.807, 2.05) is 0 Å². The Morgan fingerprint density at radius 1 is 1.62 bits per heavy atom. The maximum atomic E-state index is 11.5. The lowest BCUT2D eigenvalue weighted by Crippen LogP contribution is -2.15. The number of ether oxygens (including phenoxy) is 1. The van der Waals surface area contributed by atoms with Gasteiger partial charge >= 0.3 is 5.97 Å². The molecule has 5 heteroatoms. The van der Waals surface area contributed by atoms with Gasteiger partial charge in [0, 0.05) is 5.56 Å². The smallest absolute Gasteiger partial charge is 0.343 e. The monoisotopic (exact) mass is 223 g/mol. The summed E-state index contributed by atoms with van der Waals surface area (Å²) in [5.74, 6) is -0.816. The summed E-state index contributed by atoms with van der Waals surface area (Å²) in [6.45, 7) is 1.92. The molecule has 0 aromatic carbocycles. The second kappa shape index (κ2) is 4.00. The third-order valence-corrected chi connectivity index (χ3v) is 2.56. The van der Waals surface area contributed by atoms with Crippen molar-refractivity contribution >= 4 is 5.97 Å². The van der Waals surface area contributed by atoms with Crippen molar-refractivity contribution in [3.63, 3.8) is 0 Å². The van der Waals surface area contributed by atoms with Crippen molar-refractivity contribution in [2.45, 2.75) is 25.7 Å². The molecule has 0 spiro atoms. The summed E-state index contributed by atoms with van der Waals surface area (Å²) in [5.41, 5.74) is 0.261. The molecule has 0 aliphatic heterocycles. The molecule has 1 aliphatic rings. The molecule has 2 rings (SSSR count). The van der Waals surface area contributed by atoms with E-state index in [2.05, 4.69) is 4.98 Å². The molecule has 2 N–H and O–H groups in total. The molecule has 0 unspecified atom stereocenters. The summed E-state index contributed by atoms with van der Waals surface area (Å²) in [6.07, 6.45) is 1.91. The molecule has 1 saturated carbocycles. The normalized spacial score (nSPS) is 14.8. The molecule has 5 nitrogen and oxygen atoms in total. The number of hydrogen-bond acceptors (Lipinski definition) is 4. The Balaban J connectivity index is 2.40. The quantitative estimate of drug-likeness (QED) is 0.753. The van der Waals surface area contributed by atoms with Gasteiger partial charge in [0.2, 0.25) is 5.88 Å². The number of carbonyl (C=O) groups is 1. The number of pyridine rings is 1. The number of H-pyrrole nitrogens is 1. The summed E-state index contributed by atoms with van der Waals surface area (Å²) in [5, 5.41) is 9.46. The van der Waals surface area contributed by atoms with Crippen molar-refractivity contribution in [3.8, 4) is 5.88 Å². The lowest BCUT2D eigenvalue weighted by molar-refractivity contribution is 0.0522. The van der Waals surface area contributed by atoms with Gasteiger partial charge < -0.3 is 9.84 Å². The van der Waals surface area contributed by atoms with Crippen molar-refractivity contribution in [1.29, 1.82) is 0 Å². The number of carbonyl (C=O) groups excluding carboxylic acids is 1. The van der Waals surface area contributed by atoms with E-state index in [4.69, 9.17) is 4.74 Å². The van der Waals surface area contributed by atoms with Gasteiger partial charge in [-0.2, -0.15) is 0 Å². The Hall–Kier alpha value is -1.78. The van der Waals surface area contributed by atoms with Crippen LogP contribution in [0, 0.1) is 0 Å².